The van der Waals surface area contributed by atoms with Crippen LogP contribution in [0.15, 0.2) is 23.3 Å². The molecule has 1 aliphatic rings. The molecule has 0 unspecified atom stereocenters. The molecule has 0 saturated heterocycles. The summed E-state index contributed by atoms with van der Waals surface area (Å²) in [4.78, 5) is 8.33. The first-order chi connectivity index (χ1) is 8.34. The van der Waals surface area contributed by atoms with Crippen LogP contribution in [0.1, 0.15) is 6.42 Å². The molecule has 0 spiro atoms. The first-order valence-electron chi connectivity index (χ1n) is 5.61. The lowest BCUT2D eigenvalue weighted by Crippen LogP contribution is -2.42. The van der Waals surface area contributed by atoms with Gasteiger partial charge in [-0.25, -0.2) is 4.98 Å². The van der Waals surface area contributed by atoms with Crippen LogP contribution in [-0.2, 0) is 0 Å². The van der Waals surface area contributed by atoms with Crippen LogP contribution in [0.25, 0.3) is 0 Å². The van der Waals surface area contributed by atoms with Gasteiger partial charge in [0.05, 0.1) is 11.6 Å². The Bertz CT molecular complexity index is 380. The van der Waals surface area contributed by atoms with E-state index in [0.717, 1.165) is 25.5 Å². The smallest absolute Gasteiger partial charge is 0.213 e. The number of aromatic nitrogens is 1. The molecule has 2 rings (SSSR count). The number of halogens is 1. The summed E-state index contributed by atoms with van der Waals surface area (Å²) in [7, 11) is 0. The molecule has 1 aliphatic heterocycles. The summed E-state index contributed by atoms with van der Waals surface area (Å²) in [5, 5.41) is 6.95. The van der Waals surface area contributed by atoms with Crippen molar-refractivity contribution in [3.8, 4) is 5.88 Å². The van der Waals surface area contributed by atoms with Crippen molar-refractivity contribution < 1.29 is 4.74 Å². The van der Waals surface area contributed by atoms with E-state index in [4.69, 9.17) is 16.3 Å². The van der Waals surface area contributed by atoms with Crippen LogP contribution in [0.5, 0.6) is 5.88 Å². The molecule has 0 bridgehead atoms. The lowest BCUT2D eigenvalue weighted by atomic mass is 10.4. The van der Waals surface area contributed by atoms with E-state index < -0.39 is 0 Å². The van der Waals surface area contributed by atoms with Crippen molar-refractivity contribution in [3.63, 3.8) is 0 Å². The number of ether oxygens (including phenoxy) is 1. The molecule has 5 nitrogen and oxygen atoms in total. The number of pyridine rings is 1. The van der Waals surface area contributed by atoms with Crippen molar-refractivity contribution in [3.05, 3.63) is 23.4 Å². The molecule has 0 atom stereocenters. The Morgan fingerprint density at radius 3 is 3.12 bits per heavy atom. The highest BCUT2D eigenvalue weighted by molar-refractivity contribution is 6.30. The van der Waals surface area contributed by atoms with Gasteiger partial charge in [0, 0.05) is 25.4 Å². The summed E-state index contributed by atoms with van der Waals surface area (Å²) >= 11 is 5.72. The predicted molar refractivity (Wildman–Crippen MR) is 67.7 cm³/mol. The van der Waals surface area contributed by atoms with E-state index >= 15 is 0 Å². The van der Waals surface area contributed by atoms with Crippen LogP contribution in [0.3, 0.4) is 0 Å². The summed E-state index contributed by atoms with van der Waals surface area (Å²) < 4.78 is 5.44. The van der Waals surface area contributed by atoms with Gasteiger partial charge in [-0.2, -0.15) is 0 Å². The molecule has 6 heteroatoms. The molecular formula is C11H15ClN4O. The van der Waals surface area contributed by atoms with Gasteiger partial charge in [-0.3, -0.25) is 4.99 Å². The molecule has 1 aromatic heterocycles. The topological polar surface area (TPSA) is 58.5 Å². The number of aliphatic imine (C=N–C) groups is 1. The van der Waals surface area contributed by atoms with Crippen molar-refractivity contribution in [2.24, 2.45) is 4.99 Å². The van der Waals surface area contributed by atoms with Crippen LogP contribution < -0.4 is 15.4 Å². The first-order valence-corrected chi connectivity index (χ1v) is 5.99. The number of nitrogens with zero attached hydrogens (tertiary/aromatic N) is 2. The average Bonchev–Trinajstić information content (AvgIpc) is 2.38. The molecule has 92 valence electrons. The third-order valence-corrected chi connectivity index (χ3v) is 2.47. The number of rotatable bonds is 4. The predicted octanol–water partition coefficient (Wildman–Crippen LogP) is 1.05. The molecule has 0 aliphatic carbocycles. The Kier molecular flexibility index (Phi) is 4.44. The second kappa shape index (κ2) is 6.30. The fourth-order valence-electron chi connectivity index (χ4n) is 1.42. The van der Waals surface area contributed by atoms with Gasteiger partial charge in [0.25, 0.3) is 0 Å². The molecule has 0 saturated carbocycles. The molecule has 17 heavy (non-hydrogen) atoms. The van der Waals surface area contributed by atoms with Crippen LogP contribution >= 0.6 is 11.6 Å². The van der Waals surface area contributed by atoms with E-state index in [-0.39, 0.29) is 0 Å². The highest BCUT2D eigenvalue weighted by atomic mass is 35.5. The maximum Gasteiger partial charge on any atom is 0.213 e. The van der Waals surface area contributed by atoms with Gasteiger partial charge in [-0.1, -0.05) is 11.6 Å². The van der Waals surface area contributed by atoms with Crippen LogP contribution in [0.2, 0.25) is 5.02 Å². The van der Waals surface area contributed by atoms with Gasteiger partial charge in [0.15, 0.2) is 5.96 Å². The van der Waals surface area contributed by atoms with E-state index in [1.54, 1.807) is 18.3 Å². The van der Waals surface area contributed by atoms with Crippen molar-refractivity contribution in [1.29, 1.82) is 0 Å². The van der Waals surface area contributed by atoms with Crippen molar-refractivity contribution in [1.82, 2.24) is 15.6 Å². The number of hydrogen-bond acceptors (Lipinski definition) is 5. The molecule has 2 heterocycles. The van der Waals surface area contributed by atoms with Crippen LogP contribution in [0, 0.1) is 0 Å². The molecule has 0 aromatic carbocycles. The SMILES string of the molecule is Clc1ccc(OCCNC2=NCCCN2)nc1. The minimum absolute atomic E-state index is 0.537. The lowest BCUT2D eigenvalue weighted by Gasteiger charge is -2.15. The standard InChI is InChI=1S/C11H15ClN4O/c12-9-2-3-10(16-8-9)17-7-6-15-11-13-4-1-5-14-11/h2-3,8H,1,4-7H2,(H2,13,14,15). The fourth-order valence-corrected chi connectivity index (χ4v) is 1.54. The average molecular weight is 255 g/mol. The zero-order chi connectivity index (χ0) is 11.9. The van der Waals surface area contributed by atoms with Gasteiger partial charge in [-0.05, 0) is 12.5 Å². The Labute approximate surface area is 105 Å². The maximum absolute atomic E-state index is 5.72. The van der Waals surface area contributed by atoms with Gasteiger partial charge < -0.3 is 15.4 Å². The number of nitrogens with one attached hydrogen (secondary N) is 2. The second-order valence-electron chi connectivity index (χ2n) is 3.60. The number of hydrogen-bond donors (Lipinski definition) is 2. The first kappa shape index (κ1) is 12.0. The monoisotopic (exact) mass is 254 g/mol. The van der Waals surface area contributed by atoms with Gasteiger partial charge in [0.1, 0.15) is 6.61 Å². The van der Waals surface area contributed by atoms with Gasteiger partial charge in [0.2, 0.25) is 5.88 Å². The summed E-state index contributed by atoms with van der Waals surface area (Å²) in [6, 6.07) is 3.50. The fraction of sp³-hybridized carbons (Fsp3) is 0.455. The molecule has 2 N–H and O–H groups in total. The largest absolute Gasteiger partial charge is 0.476 e. The highest BCUT2D eigenvalue weighted by Crippen LogP contribution is 2.10. The van der Waals surface area contributed by atoms with Crippen LogP contribution in [0.4, 0.5) is 0 Å². The molecule has 1 aromatic rings. The van der Waals surface area contributed by atoms with Gasteiger partial charge >= 0.3 is 0 Å². The minimum atomic E-state index is 0.537. The summed E-state index contributed by atoms with van der Waals surface area (Å²) in [5.41, 5.74) is 0. The Balaban J connectivity index is 1.66. The molecule has 0 fully saturated rings. The zero-order valence-electron chi connectivity index (χ0n) is 9.45. The van der Waals surface area contributed by atoms with Crippen LogP contribution in [-0.4, -0.2) is 37.2 Å². The van der Waals surface area contributed by atoms with E-state index in [1.165, 1.54) is 0 Å². The Morgan fingerprint density at radius 1 is 1.47 bits per heavy atom. The maximum atomic E-state index is 5.72. The minimum Gasteiger partial charge on any atom is -0.476 e. The quantitative estimate of drug-likeness (QED) is 0.789. The molecule has 0 radical (unpaired) electrons. The van der Waals surface area contributed by atoms with Crippen molar-refractivity contribution >= 4 is 17.6 Å². The van der Waals surface area contributed by atoms with Crippen molar-refractivity contribution in [2.75, 3.05) is 26.2 Å². The summed E-state index contributed by atoms with van der Waals surface area (Å²) in [6.07, 6.45) is 2.66. The third kappa shape index (κ3) is 4.11. The Hall–Kier alpha value is -1.49. The van der Waals surface area contributed by atoms with E-state index in [2.05, 4.69) is 20.6 Å². The normalized spacial score (nSPS) is 14.8. The third-order valence-electron chi connectivity index (χ3n) is 2.24. The second-order valence-corrected chi connectivity index (χ2v) is 4.04. The highest BCUT2D eigenvalue weighted by Gasteiger charge is 2.02. The summed E-state index contributed by atoms with van der Waals surface area (Å²) in [6.45, 7) is 3.09. The van der Waals surface area contributed by atoms with E-state index in [1.807, 2.05) is 0 Å². The van der Waals surface area contributed by atoms with Crippen molar-refractivity contribution in [2.45, 2.75) is 6.42 Å². The number of guanidine groups is 1. The summed E-state index contributed by atoms with van der Waals surface area (Å²) in [5.74, 6) is 1.43. The molecule has 0 amide bonds. The molecular weight excluding hydrogens is 240 g/mol. The van der Waals surface area contributed by atoms with E-state index in [9.17, 15) is 0 Å². The zero-order valence-corrected chi connectivity index (χ0v) is 10.2. The van der Waals surface area contributed by atoms with E-state index in [0.29, 0.717) is 24.1 Å². The lowest BCUT2D eigenvalue weighted by molar-refractivity contribution is 0.309. The van der Waals surface area contributed by atoms with Gasteiger partial charge in [-0.15, -0.1) is 0 Å². The Morgan fingerprint density at radius 2 is 2.41 bits per heavy atom.